The molecule has 2 aromatic carbocycles. The molecule has 0 bridgehead atoms. The van der Waals surface area contributed by atoms with E-state index in [4.69, 9.17) is 21.1 Å². The molecule has 0 spiro atoms. The van der Waals surface area contributed by atoms with E-state index in [1.54, 1.807) is 19.5 Å². The van der Waals surface area contributed by atoms with Crippen LogP contribution >= 0.6 is 11.6 Å². The summed E-state index contributed by atoms with van der Waals surface area (Å²) in [6, 6.07) is 18.3. The van der Waals surface area contributed by atoms with Crippen LogP contribution < -0.4 is 14.8 Å². The van der Waals surface area contributed by atoms with E-state index in [1.165, 1.54) is 5.56 Å². The number of methoxy groups -OCH3 is 1. The summed E-state index contributed by atoms with van der Waals surface area (Å²) in [4.78, 5) is 4.09. The van der Waals surface area contributed by atoms with Crippen molar-refractivity contribution in [3.05, 3.63) is 88.7 Å². The second-order valence-corrected chi connectivity index (χ2v) is 6.68. The molecule has 3 aromatic rings. The van der Waals surface area contributed by atoms with Gasteiger partial charge in [-0.1, -0.05) is 48.0 Å². The van der Waals surface area contributed by atoms with Crippen molar-refractivity contribution < 1.29 is 9.47 Å². The molecule has 0 radical (unpaired) electrons. The Hall–Kier alpha value is -2.56. The van der Waals surface area contributed by atoms with Crippen molar-refractivity contribution in [1.29, 1.82) is 0 Å². The average molecular weight is 383 g/mol. The zero-order valence-corrected chi connectivity index (χ0v) is 16.2. The Balaban J connectivity index is 1.68. The lowest BCUT2D eigenvalue weighted by Gasteiger charge is -2.17. The van der Waals surface area contributed by atoms with Gasteiger partial charge in [0.2, 0.25) is 0 Å². The van der Waals surface area contributed by atoms with Gasteiger partial charge in [0, 0.05) is 30.5 Å². The van der Waals surface area contributed by atoms with E-state index in [-0.39, 0.29) is 6.04 Å². The van der Waals surface area contributed by atoms with Crippen LogP contribution in [0.2, 0.25) is 5.02 Å². The minimum absolute atomic E-state index is 0.234. The quantitative estimate of drug-likeness (QED) is 0.583. The van der Waals surface area contributed by atoms with Gasteiger partial charge in [-0.2, -0.15) is 0 Å². The van der Waals surface area contributed by atoms with Gasteiger partial charge in [0.25, 0.3) is 0 Å². The lowest BCUT2D eigenvalue weighted by Crippen LogP contribution is -2.18. The lowest BCUT2D eigenvalue weighted by atomic mass is 10.1. The van der Waals surface area contributed by atoms with E-state index in [9.17, 15) is 0 Å². The van der Waals surface area contributed by atoms with Gasteiger partial charge in [0.15, 0.2) is 11.5 Å². The molecule has 1 heterocycles. The Morgan fingerprint density at radius 2 is 1.89 bits per heavy atom. The predicted molar refractivity (Wildman–Crippen MR) is 108 cm³/mol. The molecule has 1 atom stereocenters. The molecule has 0 saturated heterocycles. The van der Waals surface area contributed by atoms with Gasteiger partial charge >= 0.3 is 0 Å². The first-order valence-electron chi connectivity index (χ1n) is 8.84. The highest BCUT2D eigenvalue weighted by Crippen LogP contribution is 2.37. The van der Waals surface area contributed by atoms with E-state index in [1.807, 2.05) is 42.5 Å². The van der Waals surface area contributed by atoms with E-state index >= 15 is 0 Å². The number of nitrogens with zero attached hydrogens (tertiary/aromatic N) is 1. The highest BCUT2D eigenvalue weighted by atomic mass is 35.5. The lowest BCUT2D eigenvalue weighted by molar-refractivity contribution is 0.284. The highest BCUT2D eigenvalue weighted by Gasteiger charge is 2.13. The van der Waals surface area contributed by atoms with Gasteiger partial charge < -0.3 is 14.8 Å². The first kappa shape index (κ1) is 19.2. The summed E-state index contributed by atoms with van der Waals surface area (Å²) >= 11 is 6.46. The highest BCUT2D eigenvalue weighted by molar-refractivity contribution is 6.32. The van der Waals surface area contributed by atoms with Crippen molar-refractivity contribution in [3.63, 3.8) is 0 Å². The normalized spacial score (nSPS) is 11.8. The van der Waals surface area contributed by atoms with E-state index < -0.39 is 0 Å². The second kappa shape index (κ2) is 9.40. The van der Waals surface area contributed by atoms with Crippen LogP contribution in [0.3, 0.4) is 0 Å². The molecular weight excluding hydrogens is 360 g/mol. The summed E-state index contributed by atoms with van der Waals surface area (Å²) in [5, 5.41) is 4.04. The third kappa shape index (κ3) is 5.22. The fraction of sp³-hybridized carbons (Fsp3) is 0.227. The molecule has 3 rings (SSSR count). The van der Waals surface area contributed by atoms with Gasteiger partial charge in [-0.25, -0.2) is 0 Å². The standard InChI is InChI=1S/C22H23ClN2O2/c1-16(19-8-4-3-5-9-19)25-14-18-11-20(23)22(21(12-18)26-2)27-15-17-7-6-10-24-13-17/h3-13,16,25H,14-15H2,1-2H3/t16-/m0/s1. The molecule has 0 aliphatic rings. The number of pyridine rings is 1. The van der Waals surface area contributed by atoms with Crippen molar-refractivity contribution in [2.75, 3.05) is 7.11 Å². The molecule has 27 heavy (non-hydrogen) atoms. The fourth-order valence-corrected chi connectivity index (χ4v) is 3.07. The molecule has 0 unspecified atom stereocenters. The van der Waals surface area contributed by atoms with Crippen molar-refractivity contribution >= 4 is 11.6 Å². The summed E-state index contributed by atoms with van der Waals surface area (Å²) in [5.74, 6) is 1.17. The van der Waals surface area contributed by atoms with E-state index in [0.29, 0.717) is 29.7 Å². The summed E-state index contributed by atoms with van der Waals surface area (Å²) in [6.07, 6.45) is 3.50. The summed E-state index contributed by atoms with van der Waals surface area (Å²) in [6.45, 7) is 3.20. The number of hydrogen-bond donors (Lipinski definition) is 1. The molecule has 0 saturated carbocycles. The SMILES string of the molecule is COc1cc(CN[C@@H](C)c2ccccc2)cc(Cl)c1OCc1cccnc1. The van der Waals surface area contributed by atoms with Crippen LogP contribution in [0.4, 0.5) is 0 Å². The number of ether oxygens (including phenoxy) is 2. The third-order valence-corrected chi connectivity index (χ3v) is 4.59. The molecular formula is C22H23ClN2O2. The summed E-state index contributed by atoms with van der Waals surface area (Å²) < 4.78 is 11.4. The number of rotatable bonds is 8. The van der Waals surface area contributed by atoms with Crippen LogP contribution in [0.25, 0.3) is 0 Å². The summed E-state index contributed by atoms with van der Waals surface area (Å²) in [5.41, 5.74) is 3.25. The molecule has 0 aliphatic heterocycles. The largest absolute Gasteiger partial charge is 0.493 e. The molecule has 0 fully saturated rings. The molecule has 0 aliphatic carbocycles. The Morgan fingerprint density at radius 3 is 2.59 bits per heavy atom. The molecule has 5 heteroatoms. The topological polar surface area (TPSA) is 43.4 Å². The molecule has 1 aromatic heterocycles. The van der Waals surface area contributed by atoms with Crippen molar-refractivity contribution in [3.8, 4) is 11.5 Å². The number of halogens is 1. The minimum atomic E-state index is 0.234. The Morgan fingerprint density at radius 1 is 1.07 bits per heavy atom. The zero-order chi connectivity index (χ0) is 19.1. The van der Waals surface area contributed by atoms with E-state index in [0.717, 1.165) is 11.1 Å². The minimum Gasteiger partial charge on any atom is -0.493 e. The Kier molecular flexibility index (Phi) is 6.69. The van der Waals surface area contributed by atoms with Crippen molar-refractivity contribution in [2.24, 2.45) is 0 Å². The van der Waals surface area contributed by atoms with Gasteiger partial charge in [-0.05, 0) is 36.2 Å². The third-order valence-electron chi connectivity index (χ3n) is 4.31. The molecule has 4 nitrogen and oxygen atoms in total. The number of aromatic nitrogens is 1. The molecule has 140 valence electrons. The Labute approximate surface area is 165 Å². The number of hydrogen-bond acceptors (Lipinski definition) is 4. The first-order valence-corrected chi connectivity index (χ1v) is 9.21. The van der Waals surface area contributed by atoms with Crippen LogP contribution in [-0.4, -0.2) is 12.1 Å². The van der Waals surface area contributed by atoms with Crippen LogP contribution in [0.5, 0.6) is 11.5 Å². The van der Waals surface area contributed by atoms with Crippen molar-refractivity contribution in [1.82, 2.24) is 10.3 Å². The van der Waals surface area contributed by atoms with Gasteiger partial charge in [-0.15, -0.1) is 0 Å². The van der Waals surface area contributed by atoms with Crippen LogP contribution in [-0.2, 0) is 13.2 Å². The maximum atomic E-state index is 6.46. The molecule has 0 amide bonds. The van der Waals surface area contributed by atoms with Crippen LogP contribution in [0.1, 0.15) is 29.7 Å². The average Bonchev–Trinajstić information content (AvgIpc) is 2.72. The molecule has 1 N–H and O–H groups in total. The van der Waals surface area contributed by atoms with Crippen LogP contribution in [0, 0.1) is 0 Å². The maximum Gasteiger partial charge on any atom is 0.180 e. The van der Waals surface area contributed by atoms with Gasteiger partial charge in [0.1, 0.15) is 6.61 Å². The number of benzene rings is 2. The van der Waals surface area contributed by atoms with Gasteiger partial charge in [-0.3, -0.25) is 4.98 Å². The predicted octanol–water partition coefficient (Wildman–Crippen LogP) is 5.17. The smallest absolute Gasteiger partial charge is 0.180 e. The number of nitrogens with one attached hydrogen (secondary N) is 1. The van der Waals surface area contributed by atoms with Crippen LogP contribution in [0.15, 0.2) is 67.0 Å². The van der Waals surface area contributed by atoms with Crippen molar-refractivity contribution in [2.45, 2.75) is 26.1 Å². The van der Waals surface area contributed by atoms with Gasteiger partial charge in [0.05, 0.1) is 12.1 Å². The van der Waals surface area contributed by atoms with E-state index in [2.05, 4.69) is 29.4 Å². The Bertz CT molecular complexity index is 857. The maximum absolute atomic E-state index is 6.46. The first-order chi connectivity index (χ1) is 13.2. The zero-order valence-electron chi connectivity index (χ0n) is 15.5. The monoisotopic (exact) mass is 382 g/mol. The summed E-state index contributed by atoms with van der Waals surface area (Å²) in [7, 11) is 1.62. The second-order valence-electron chi connectivity index (χ2n) is 6.27. The fourth-order valence-electron chi connectivity index (χ4n) is 2.78.